The number of imide groups is 1. The van der Waals surface area contributed by atoms with Crippen LogP contribution in [0, 0.1) is 0 Å². The first-order valence-corrected chi connectivity index (χ1v) is 8.00. The fourth-order valence-electron chi connectivity index (χ4n) is 3.30. The van der Waals surface area contributed by atoms with E-state index in [1.165, 1.54) is 4.90 Å². The van der Waals surface area contributed by atoms with Crippen molar-refractivity contribution >= 4 is 11.8 Å². The van der Waals surface area contributed by atoms with Crippen molar-refractivity contribution in [3.05, 3.63) is 71.3 Å². The van der Waals surface area contributed by atoms with E-state index in [-0.39, 0.29) is 18.4 Å². The van der Waals surface area contributed by atoms with Gasteiger partial charge in [-0.15, -0.1) is 0 Å². The number of hydrogen-bond acceptors (Lipinski definition) is 4. The Kier molecular flexibility index (Phi) is 3.67. The zero-order valence-corrected chi connectivity index (χ0v) is 13.1. The number of carbonyl (C=O) groups excluding carboxylic acids is 2. The molecule has 2 aliphatic heterocycles. The predicted molar refractivity (Wildman–Crippen MR) is 86.5 cm³/mol. The number of fused-ring (bicyclic) bond motifs is 1. The molecule has 0 atom stereocenters. The summed E-state index contributed by atoms with van der Waals surface area (Å²) in [5.74, 6) is -1.40. The number of amides is 2. The first-order chi connectivity index (χ1) is 11.7. The van der Waals surface area contributed by atoms with E-state index < -0.39 is 5.79 Å². The number of nitrogens with zero attached hydrogens (tertiary/aromatic N) is 1. The molecule has 0 unspecified atom stereocenters. The summed E-state index contributed by atoms with van der Waals surface area (Å²) in [5, 5.41) is 0. The molecule has 5 nitrogen and oxygen atoms in total. The molecule has 0 saturated carbocycles. The van der Waals surface area contributed by atoms with E-state index in [1.807, 2.05) is 30.3 Å². The van der Waals surface area contributed by atoms with Gasteiger partial charge in [0.2, 0.25) is 0 Å². The van der Waals surface area contributed by atoms with Crippen molar-refractivity contribution in [1.29, 1.82) is 0 Å². The summed E-state index contributed by atoms with van der Waals surface area (Å²) in [4.78, 5) is 26.2. The Morgan fingerprint density at radius 1 is 0.833 bits per heavy atom. The molecule has 0 spiro atoms. The maximum absolute atomic E-state index is 12.5. The van der Waals surface area contributed by atoms with Gasteiger partial charge in [0.15, 0.2) is 5.79 Å². The molecular formula is C19H17NO4. The van der Waals surface area contributed by atoms with E-state index in [0.717, 1.165) is 5.56 Å². The van der Waals surface area contributed by atoms with Gasteiger partial charge < -0.3 is 9.47 Å². The Morgan fingerprint density at radius 2 is 1.38 bits per heavy atom. The molecule has 0 bridgehead atoms. The molecule has 1 saturated heterocycles. The van der Waals surface area contributed by atoms with Crippen LogP contribution in [0.4, 0.5) is 0 Å². The van der Waals surface area contributed by atoms with Crippen molar-refractivity contribution < 1.29 is 19.1 Å². The van der Waals surface area contributed by atoms with Gasteiger partial charge in [0.1, 0.15) is 0 Å². The molecular weight excluding hydrogens is 306 g/mol. The van der Waals surface area contributed by atoms with Gasteiger partial charge in [0.25, 0.3) is 11.8 Å². The van der Waals surface area contributed by atoms with Crippen molar-refractivity contribution in [3.8, 4) is 0 Å². The summed E-state index contributed by atoms with van der Waals surface area (Å²) in [7, 11) is 0. The predicted octanol–water partition coefficient (Wildman–Crippen LogP) is 2.57. The molecule has 2 aromatic rings. The van der Waals surface area contributed by atoms with Crippen molar-refractivity contribution in [3.63, 3.8) is 0 Å². The molecule has 0 N–H and O–H groups in total. The fraction of sp³-hybridized carbons (Fsp3) is 0.263. The second-order valence-electron chi connectivity index (χ2n) is 5.87. The van der Waals surface area contributed by atoms with Crippen LogP contribution in [-0.2, 0) is 15.3 Å². The third-order valence-electron chi connectivity index (χ3n) is 4.51. The monoisotopic (exact) mass is 323 g/mol. The lowest BCUT2D eigenvalue weighted by molar-refractivity contribution is -0.171. The number of ether oxygens (including phenoxy) is 2. The summed E-state index contributed by atoms with van der Waals surface area (Å²) < 4.78 is 11.7. The SMILES string of the molecule is O=C1c2ccccc2C(=O)N1CCC1(c2ccccc2)OCCO1. The van der Waals surface area contributed by atoms with Crippen LogP contribution in [-0.4, -0.2) is 36.5 Å². The van der Waals surface area contributed by atoms with Gasteiger partial charge in [0, 0.05) is 18.5 Å². The molecule has 0 aromatic heterocycles. The number of hydrogen-bond donors (Lipinski definition) is 0. The third kappa shape index (κ3) is 2.33. The maximum atomic E-state index is 12.5. The average Bonchev–Trinajstić information content (AvgIpc) is 3.20. The van der Waals surface area contributed by atoms with Crippen molar-refractivity contribution in [2.45, 2.75) is 12.2 Å². The van der Waals surface area contributed by atoms with Crippen molar-refractivity contribution in [2.24, 2.45) is 0 Å². The van der Waals surface area contributed by atoms with Gasteiger partial charge in [-0.1, -0.05) is 42.5 Å². The summed E-state index contributed by atoms with van der Waals surface area (Å²) in [5.41, 5.74) is 1.83. The van der Waals surface area contributed by atoms with Crippen LogP contribution in [0.25, 0.3) is 0 Å². The van der Waals surface area contributed by atoms with Crippen molar-refractivity contribution in [2.75, 3.05) is 19.8 Å². The molecule has 2 amide bonds. The highest BCUT2D eigenvalue weighted by Crippen LogP contribution is 2.35. The molecule has 2 aliphatic rings. The minimum absolute atomic E-state index is 0.251. The number of carbonyl (C=O) groups is 2. The minimum atomic E-state index is -0.892. The third-order valence-corrected chi connectivity index (χ3v) is 4.51. The lowest BCUT2D eigenvalue weighted by Gasteiger charge is -2.29. The Morgan fingerprint density at radius 3 is 1.96 bits per heavy atom. The molecule has 5 heteroatoms. The van der Waals surface area contributed by atoms with Gasteiger partial charge in [-0.25, -0.2) is 0 Å². The summed E-state index contributed by atoms with van der Waals surface area (Å²) in [6, 6.07) is 16.5. The number of rotatable bonds is 4. The van der Waals surface area contributed by atoms with Gasteiger partial charge >= 0.3 is 0 Å². The molecule has 24 heavy (non-hydrogen) atoms. The molecule has 2 aromatic carbocycles. The highest BCUT2D eigenvalue weighted by Gasteiger charge is 2.42. The smallest absolute Gasteiger partial charge is 0.261 e. The molecule has 4 rings (SSSR count). The number of benzene rings is 2. The molecule has 122 valence electrons. The quantitative estimate of drug-likeness (QED) is 0.812. The fourth-order valence-corrected chi connectivity index (χ4v) is 3.30. The Balaban J connectivity index is 1.56. The van der Waals surface area contributed by atoms with E-state index in [4.69, 9.17) is 9.47 Å². The molecule has 1 fully saturated rings. The molecule has 2 heterocycles. The van der Waals surface area contributed by atoms with E-state index in [2.05, 4.69) is 0 Å². The van der Waals surface area contributed by atoms with Gasteiger partial charge in [0.05, 0.1) is 24.3 Å². The summed E-state index contributed by atoms with van der Waals surface area (Å²) in [6.07, 6.45) is 0.405. The Labute approximate surface area is 139 Å². The van der Waals surface area contributed by atoms with Crippen molar-refractivity contribution in [1.82, 2.24) is 4.90 Å². The van der Waals surface area contributed by atoms with E-state index in [0.29, 0.717) is 30.8 Å². The Bertz CT molecular complexity index is 746. The second kappa shape index (κ2) is 5.85. The van der Waals surface area contributed by atoms with Crippen LogP contribution in [0.15, 0.2) is 54.6 Å². The summed E-state index contributed by atoms with van der Waals surface area (Å²) >= 11 is 0. The van der Waals surface area contributed by atoms with Gasteiger partial charge in [-0.2, -0.15) is 0 Å². The first-order valence-electron chi connectivity index (χ1n) is 8.00. The van der Waals surface area contributed by atoms with Crippen LogP contribution < -0.4 is 0 Å². The second-order valence-corrected chi connectivity index (χ2v) is 5.87. The van der Waals surface area contributed by atoms with Crippen LogP contribution in [0.1, 0.15) is 32.7 Å². The highest BCUT2D eigenvalue weighted by atomic mass is 16.7. The van der Waals surface area contributed by atoms with Crippen LogP contribution in [0.5, 0.6) is 0 Å². The van der Waals surface area contributed by atoms with E-state index >= 15 is 0 Å². The standard InChI is InChI=1S/C19H17NO4/c21-17-15-8-4-5-9-16(15)18(22)20(17)11-10-19(23-12-13-24-19)14-6-2-1-3-7-14/h1-9H,10-13H2. The van der Waals surface area contributed by atoms with Gasteiger partial charge in [-0.3, -0.25) is 14.5 Å². The molecule has 0 radical (unpaired) electrons. The molecule has 0 aliphatic carbocycles. The van der Waals surface area contributed by atoms with Crippen LogP contribution >= 0.6 is 0 Å². The van der Waals surface area contributed by atoms with E-state index in [1.54, 1.807) is 24.3 Å². The van der Waals surface area contributed by atoms with Crippen LogP contribution in [0.3, 0.4) is 0 Å². The normalized spacial score (nSPS) is 18.9. The summed E-state index contributed by atoms with van der Waals surface area (Å²) in [6.45, 7) is 1.25. The lowest BCUT2D eigenvalue weighted by Crippen LogP contribution is -2.37. The zero-order chi connectivity index (χ0) is 16.6. The topological polar surface area (TPSA) is 55.8 Å². The maximum Gasteiger partial charge on any atom is 0.261 e. The zero-order valence-electron chi connectivity index (χ0n) is 13.1. The first kappa shape index (κ1) is 15.1. The van der Waals surface area contributed by atoms with E-state index in [9.17, 15) is 9.59 Å². The highest BCUT2D eigenvalue weighted by molar-refractivity contribution is 6.21. The average molecular weight is 323 g/mol. The minimum Gasteiger partial charge on any atom is -0.343 e. The largest absolute Gasteiger partial charge is 0.343 e. The Hall–Kier alpha value is -2.50. The van der Waals surface area contributed by atoms with Crippen LogP contribution in [0.2, 0.25) is 0 Å². The lowest BCUT2D eigenvalue weighted by atomic mass is 10.0. The van der Waals surface area contributed by atoms with Gasteiger partial charge in [-0.05, 0) is 12.1 Å².